The molecule has 1 aromatic heterocycles. The molecule has 5 heteroatoms. The van der Waals surface area contributed by atoms with Crippen molar-refractivity contribution < 1.29 is 14.4 Å². The number of oxazole rings is 1. The van der Waals surface area contributed by atoms with Crippen LogP contribution in [0.2, 0.25) is 0 Å². The van der Waals surface area contributed by atoms with E-state index in [4.69, 9.17) is 9.25 Å². The Bertz CT molecular complexity index is 287. The first-order valence-electron chi connectivity index (χ1n) is 4.21. The van der Waals surface area contributed by atoms with Gasteiger partial charge in [0.1, 0.15) is 6.26 Å². The number of hydroxylamine groups is 2. The third-order valence-electron chi connectivity index (χ3n) is 1.87. The predicted molar refractivity (Wildman–Crippen MR) is 43.6 cm³/mol. The Morgan fingerprint density at radius 3 is 3.15 bits per heavy atom. The van der Waals surface area contributed by atoms with E-state index in [0.29, 0.717) is 25.6 Å². The summed E-state index contributed by atoms with van der Waals surface area (Å²) in [7, 11) is 0. The first-order valence-corrected chi connectivity index (χ1v) is 4.21. The van der Waals surface area contributed by atoms with E-state index in [-0.39, 0.29) is 6.10 Å². The summed E-state index contributed by atoms with van der Waals surface area (Å²) in [6.45, 7) is 3.26. The highest BCUT2D eigenvalue weighted by Crippen LogP contribution is 2.10. The predicted octanol–water partition coefficient (Wildman–Crippen LogP) is 0.0911. The zero-order valence-electron chi connectivity index (χ0n) is 7.43. The average Bonchev–Trinajstić information content (AvgIpc) is 2.62. The number of aromatic nitrogens is 1. The minimum Gasteiger partial charge on any atom is -0.449 e. The molecule has 2 heterocycles. The highest BCUT2D eigenvalue weighted by Gasteiger charge is 2.22. The van der Waals surface area contributed by atoms with Crippen LogP contribution in [0, 0.1) is 6.92 Å². The van der Waals surface area contributed by atoms with Crippen LogP contribution < -0.4 is 0 Å². The molecule has 0 radical (unpaired) electrons. The molecular formula is C8H12N2O3. The lowest BCUT2D eigenvalue weighted by atomic mass is 10.4. The summed E-state index contributed by atoms with van der Waals surface area (Å²) >= 11 is 0. The lowest BCUT2D eigenvalue weighted by molar-refractivity contribution is -0.118. The Hall–Kier alpha value is -0.910. The molecule has 1 unspecified atom stereocenters. The van der Waals surface area contributed by atoms with Crippen LogP contribution >= 0.6 is 0 Å². The van der Waals surface area contributed by atoms with Crippen LogP contribution in [0.15, 0.2) is 10.7 Å². The van der Waals surface area contributed by atoms with Gasteiger partial charge in [-0.05, 0) is 0 Å². The number of hydrogen-bond acceptors (Lipinski definition) is 5. The molecule has 0 aromatic carbocycles. The molecule has 1 N–H and O–H groups in total. The van der Waals surface area contributed by atoms with Crippen LogP contribution in [0.5, 0.6) is 0 Å². The molecule has 13 heavy (non-hydrogen) atoms. The summed E-state index contributed by atoms with van der Waals surface area (Å²) in [5, 5.41) is 10.9. The van der Waals surface area contributed by atoms with E-state index in [1.807, 2.05) is 0 Å². The smallest absolute Gasteiger partial charge is 0.191 e. The van der Waals surface area contributed by atoms with E-state index >= 15 is 0 Å². The van der Waals surface area contributed by atoms with Crippen molar-refractivity contribution in [3.8, 4) is 0 Å². The van der Waals surface area contributed by atoms with E-state index < -0.39 is 0 Å². The Morgan fingerprint density at radius 1 is 1.77 bits per heavy atom. The van der Waals surface area contributed by atoms with Gasteiger partial charge in [-0.2, -0.15) is 5.06 Å². The molecule has 0 spiro atoms. The van der Waals surface area contributed by atoms with Gasteiger partial charge in [-0.25, -0.2) is 4.98 Å². The summed E-state index contributed by atoms with van der Waals surface area (Å²) in [6, 6.07) is 0. The maximum absolute atomic E-state index is 9.17. The highest BCUT2D eigenvalue weighted by atomic mass is 16.7. The maximum atomic E-state index is 9.17. The lowest BCUT2D eigenvalue weighted by Crippen LogP contribution is -2.20. The normalized spacial score (nSPS) is 24.0. The van der Waals surface area contributed by atoms with Crippen molar-refractivity contribution in [3.63, 3.8) is 0 Å². The molecule has 1 atom stereocenters. The van der Waals surface area contributed by atoms with Crippen LogP contribution in [0.1, 0.15) is 11.6 Å². The molecule has 0 amide bonds. The van der Waals surface area contributed by atoms with Gasteiger partial charge in [0.15, 0.2) is 5.89 Å². The first-order chi connectivity index (χ1) is 6.24. The minimum absolute atomic E-state index is 0.372. The summed E-state index contributed by atoms with van der Waals surface area (Å²) in [5.41, 5.74) is 0.826. The summed E-state index contributed by atoms with van der Waals surface area (Å²) in [6.07, 6.45) is 1.22. The lowest BCUT2D eigenvalue weighted by Gasteiger charge is -2.10. The minimum atomic E-state index is -0.381. The van der Waals surface area contributed by atoms with Gasteiger partial charge in [-0.3, -0.25) is 4.84 Å². The Labute approximate surface area is 75.9 Å². The fourth-order valence-electron chi connectivity index (χ4n) is 1.30. The van der Waals surface area contributed by atoms with Gasteiger partial charge in [0.25, 0.3) is 0 Å². The number of rotatable bonds is 2. The fourth-order valence-corrected chi connectivity index (χ4v) is 1.30. The Morgan fingerprint density at radius 2 is 2.62 bits per heavy atom. The second-order valence-corrected chi connectivity index (χ2v) is 3.13. The third-order valence-corrected chi connectivity index (χ3v) is 1.87. The molecule has 1 aromatic rings. The van der Waals surface area contributed by atoms with Gasteiger partial charge in [0.2, 0.25) is 0 Å². The largest absolute Gasteiger partial charge is 0.449 e. The fraction of sp³-hybridized carbons (Fsp3) is 0.625. The van der Waals surface area contributed by atoms with Crippen LogP contribution in [0.25, 0.3) is 0 Å². The topological polar surface area (TPSA) is 58.7 Å². The molecule has 1 saturated heterocycles. The first kappa shape index (κ1) is 8.68. The molecule has 2 rings (SSSR count). The van der Waals surface area contributed by atoms with Crippen molar-refractivity contribution in [1.29, 1.82) is 0 Å². The highest BCUT2D eigenvalue weighted by molar-refractivity contribution is 4.94. The van der Waals surface area contributed by atoms with Crippen molar-refractivity contribution in [3.05, 3.63) is 17.8 Å². The van der Waals surface area contributed by atoms with Crippen molar-refractivity contribution >= 4 is 0 Å². The van der Waals surface area contributed by atoms with Crippen LogP contribution in [-0.2, 0) is 11.4 Å². The SMILES string of the molecule is Cc1nc(CN2CC(O)CO2)co1. The monoisotopic (exact) mass is 184 g/mol. The van der Waals surface area contributed by atoms with Crippen LogP contribution in [-0.4, -0.2) is 34.4 Å². The van der Waals surface area contributed by atoms with Gasteiger partial charge in [-0.15, -0.1) is 0 Å². The molecule has 0 bridgehead atoms. The summed E-state index contributed by atoms with van der Waals surface area (Å²) in [5.74, 6) is 0.648. The Kier molecular flexibility index (Phi) is 2.30. The molecule has 0 aliphatic carbocycles. The number of aryl methyl sites for hydroxylation is 1. The van der Waals surface area contributed by atoms with Gasteiger partial charge in [-0.1, -0.05) is 0 Å². The number of aliphatic hydroxyl groups is 1. The molecule has 5 nitrogen and oxygen atoms in total. The van der Waals surface area contributed by atoms with E-state index in [1.165, 1.54) is 0 Å². The summed E-state index contributed by atoms with van der Waals surface area (Å²) < 4.78 is 5.05. The van der Waals surface area contributed by atoms with Gasteiger partial charge in [0.05, 0.1) is 31.5 Å². The van der Waals surface area contributed by atoms with Gasteiger partial charge >= 0.3 is 0 Å². The second kappa shape index (κ2) is 3.45. The molecule has 0 saturated carbocycles. The summed E-state index contributed by atoms with van der Waals surface area (Å²) in [4.78, 5) is 9.31. The zero-order chi connectivity index (χ0) is 9.26. The maximum Gasteiger partial charge on any atom is 0.191 e. The molecule has 1 aliphatic rings. The van der Waals surface area contributed by atoms with Crippen molar-refractivity contribution in [2.45, 2.75) is 19.6 Å². The van der Waals surface area contributed by atoms with Crippen LogP contribution in [0.4, 0.5) is 0 Å². The zero-order valence-corrected chi connectivity index (χ0v) is 7.43. The number of aliphatic hydroxyl groups excluding tert-OH is 1. The molecule has 72 valence electrons. The number of β-amino-alcohol motifs (C(OH)–C–C–N with tert-alkyl or cyclic N) is 1. The van der Waals surface area contributed by atoms with Crippen molar-refractivity contribution in [2.75, 3.05) is 13.2 Å². The standard InChI is InChI=1S/C8H12N2O3/c1-6-9-7(4-12-6)2-10-3-8(11)5-13-10/h4,8,11H,2-3,5H2,1H3. The van der Waals surface area contributed by atoms with Gasteiger partial charge < -0.3 is 9.52 Å². The average molecular weight is 184 g/mol. The molecule has 1 fully saturated rings. The van der Waals surface area contributed by atoms with Crippen LogP contribution in [0.3, 0.4) is 0 Å². The molecule has 1 aliphatic heterocycles. The van der Waals surface area contributed by atoms with E-state index in [0.717, 1.165) is 5.69 Å². The van der Waals surface area contributed by atoms with Crippen molar-refractivity contribution in [1.82, 2.24) is 10.0 Å². The van der Waals surface area contributed by atoms with E-state index in [1.54, 1.807) is 18.3 Å². The second-order valence-electron chi connectivity index (χ2n) is 3.13. The van der Waals surface area contributed by atoms with Gasteiger partial charge in [0, 0.05) is 6.92 Å². The third kappa shape index (κ3) is 2.06. The number of hydrogen-bond donors (Lipinski definition) is 1. The molecular weight excluding hydrogens is 172 g/mol. The quantitative estimate of drug-likeness (QED) is 0.706. The van der Waals surface area contributed by atoms with Crippen molar-refractivity contribution in [2.24, 2.45) is 0 Å². The van der Waals surface area contributed by atoms with E-state index in [2.05, 4.69) is 4.98 Å². The Balaban J connectivity index is 1.91. The number of nitrogens with zero attached hydrogens (tertiary/aromatic N) is 2. The van der Waals surface area contributed by atoms with E-state index in [9.17, 15) is 5.11 Å².